The van der Waals surface area contributed by atoms with E-state index in [1.807, 2.05) is 6.92 Å². The van der Waals surface area contributed by atoms with Crippen LogP contribution >= 0.6 is 0 Å². The number of hydrogen-bond donors (Lipinski definition) is 0. The Kier molecular flexibility index (Phi) is 5.81. The highest BCUT2D eigenvalue weighted by Gasteiger charge is 2.27. The summed E-state index contributed by atoms with van der Waals surface area (Å²) < 4.78 is 10.5. The van der Waals surface area contributed by atoms with Gasteiger partial charge in [0, 0.05) is 6.92 Å². The van der Waals surface area contributed by atoms with Gasteiger partial charge in [-0.15, -0.1) is 10.2 Å². The Balaban J connectivity index is 1.42. The van der Waals surface area contributed by atoms with Crippen LogP contribution in [0.25, 0.3) is 0 Å². The minimum atomic E-state index is -0.248. The minimum Gasteiger partial charge on any atom is -0.454 e. The molecule has 1 fully saturated rings. The summed E-state index contributed by atoms with van der Waals surface area (Å²) in [6.45, 7) is 5.49. The molecule has 0 bridgehead atoms. The van der Waals surface area contributed by atoms with Gasteiger partial charge in [0.25, 0.3) is 5.89 Å². The number of hydrogen-bond acceptors (Lipinski definition) is 6. The molecule has 1 aliphatic rings. The summed E-state index contributed by atoms with van der Waals surface area (Å²) in [5.41, 5.74) is 1.39. The first-order chi connectivity index (χ1) is 12.1. The van der Waals surface area contributed by atoms with Crippen molar-refractivity contribution >= 4 is 5.97 Å². The quantitative estimate of drug-likeness (QED) is 0.751. The van der Waals surface area contributed by atoms with Crippen LogP contribution in [0.4, 0.5) is 0 Å². The van der Waals surface area contributed by atoms with Crippen molar-refractivity contribution in [1.29, 1.82) is 0 Å². The summed E-state index contributed by atoms with van der Waals surface area (Å²) >= 11 is 0. The molecule has 0 N–H and O–H groups in total. The molecular formula is C19H25N3O3. The first kappa shape index (κ1) is 17.6. The summed E-state index contributed by atoms with van der Waals surface area (Å²) in [5, 5.41) is 7.56. The Bertz CT molecular complexity index is 678. The first-order valence-corrected chi connectivity index (χ1v) is 8.85. The standard InChI is InChI=1S/C19H25N3O3/c1-14(19(23)24-13-18-21-20-15(2)25-18)22-10-8-17(9-11-22)12-16-6-4-3-5-7-16/h3-7,14,17H,8-13H2,1-2H3/t14-/m1/s1. The van der Waals surface area contributed by atoms with Gasteiger partial charge in [-0.25, -0.2) is 0 Å². The molecule has 0 amide bonds. The molecule has 1 aromatic heterocycles. The highest BCUT2D eigenvalue weighted by atomic mass is 16.5. The number of carbonyl (C=O) groups excluding carboxylic acids is 1. The van der Waals surface area contributed by atoms with Crippen LogP contribution in [0.2, 0.25) is 0 Å². The summed E-state index contributed by atoms with van der Waals surface area (Å²) in [4.78, 5) is 14.4. The molecule has 0 saturated carbocycles. The molecule has 1 aliphatic heterocycles. The van der Waals surface area contributed by atoms with Gasteiger partial charge in [0.05, 0.1) is 0 Å². The van der Waals surface area contributed by atoms with E-state index in [2.05, 4.69) is 45.4 Å². The van der Waals surface area contributed by atoms with Crippen LogP contribution in [-0.2, 0) is 22.6 Å². The van der Waals surface area contributed by atoms with Crippen LogP contribution in [0.5, 0.6) is 0 Å². The fourth-order valence-electron chi connectivity index (χ4n) is 3.29. The van der Waals surface area contributed by atoms with E-state index in [9.17, 15) is 4.79 Å². The smallest absolute Gasteiger partial charge is 0.323 e. The van der Waals surface area contributed by atoms with Gasteiger partial charge in [0.1, 0.15) is 6.04 Å². The van der Waals surface area contributed by atoms with Gasteiger partial charge in [-0.1, -0.05) is 30.3 Å². The maximum atomic E-state index is 12.2. The molecular weight excluding hydrogens is 318 g/mol. The van der Waals surface area contributed by atoms with Gasteiger partial charge < -0.3 is 9.15 Å². The van der Waals surface area contributed by atoms with Crippen LogP contribution < -0.4 is 0 Å². The van der Waals surface area contributed by atoms with Crippen molar-refractivity contribution in [1.82, 2.24) is 15.1 Å². The van der Waals surface area contributed by atoms with Crippen LogP contribution in [0.1, 0.15) is 37.1 Å². The largest absolute Gasteiger partial charge is 0.454 e. The van der Waals surface area contributed by atoms with E-state index in [0.29, 0.717) is 17.7 Å². The van der Waals surface area contributed by atoms with Crippen molar-refractivity contribution in [2.75, 3.05) is 13.1 Å². The second-order valence-corrected chi connectivity index (χ2v) is 6.67. The third-order valence-corrected chi connectivity index (χ3v) is 4.81. The van der Waals surface area contributed by atoms with E-state index in [1.54, 1.807) is 6.92 Å². The normalized spacial score (nSPS) is 17.4. The lowest BCUT2D eigenvalue weighted by molar-refractivity contribution is -0.152. The van der Waals surface area contributed by atoms with Gasteiger partial charge >= 0.3 is 5.97 Å². The zero-order chi connectivity index (χ0) is 17.6. The molecule has 6 nitrogen and oxygen atoms in total. The fraction of sp³-hybridized carbons (Fsp3) is 0.526. The minimum absolute atomic E-state index is 0.0362. The zero-order valence-corrected chi connectivity index (χ0v) is 14.9. The average Bonchev–Trinajstić information content (AvgIpc) is 3.06. The molecule has 0 radical (unpaired) electrons. The number of nitrogens with zero attached hydrogens (tertiary/aromatic N) is 3. The lowest BCUT2D eigenvalue weighted by atomic mass is 9.89. The third kappa shape index (κ3) is 4.89. The van der Waals surface area contributed by atoms with Crippen LogP contribution in [0.3, 0.4) is 0 Å². The third-order valence-electron chi connectivity index (χ3n) is 4.81. The Morgan fingerprint density at radius 2 is 2.00 bits per heavy atom. The zero-order valence-electron chi connectivity index (χ0n) is 14.9. The van der Waals surface area contributed by atoms with Crippen LogP contribution in [-0.4, -0.2) is 40.2 Å². The molecule has 0 spiro atoms. The number of likely N-dealkylation sites (tertiary alicyclic amines) is 1. The SMILES string of the molecule is Cc1nnc(COC(=O)[C@@H](C)N2CCC(Cc3ccccc3)CC2)o1. The summed E-state index contributed by atoms with van der Waals surface area (Å²) in [6, 6.07) is 10.4. The van der Waals surface area contributed by atoms with E-state index < -0.39 is 0 Å². The summed E-state index contributed by atoms with van der Waals surface area (Å²) in [7, 11) is 0. The van der Waals surface area contributed by atoms with Crippen molar-refractivity contribution in [2.24, 2.45) is 5.92 Å². The molecule has 0 unspecified atom stereocenters. The van der Waals surface area contributed by atoms with Gasteiger partial charge in [0.2, 0.25) is 5.89 Å². The number of rotatable bonds is 6. The number of carbonyl (C=O) groups is 1. The maximum Gasteiger partial charge on any atom is 0.323 e. The molecule has 1 aromatic carbocycles. The van der Waals surface area contributed by atoms with Crippen molar-refractivity contribution in [3.05, 3.63) is 47.7 Å². The Hall–Kier alpha value is -2.21. The second-order valence-electron chi connectivity index (χ2n) is 6.67. The lowest BCUT2D eigenvalue weighted by Crippen LogP contribution is -2.44. The van der Waals surface area contributed by atoms with E-state index in [-0.39, 0.29) is 18.6 Å². The van der Waals surface area contributed by atoms with Gasteiger partial charge in [-0.05, 0) is 50.8 Å². The van der Waals surface area contributed by atoms with E-state index in [4.69, 9.17) is 9.15 Å². The monoisotopic (exact) mass is 343 g/mol. The lowest BCUT2D eigenvalue weighted by Gasteiger charge is -2.34. The van der Waals surface area contributed by atoms with Crippen molar-refractivity contribution in [2.45, 2.75) is 45.8 Å². The molecule has 0 aliphatic carbocycles. The topological polar surface area (TPSA) is 68.5 Å². The Morgan fingerprint density at radius 3 is 2.64 bits per heavy atom. The Morgan fingerprint density at radius 1 is 1.28 bits per heavy atom. The number of piperidine rings is 1. The highest BCUT2D eigenvalue weighted by Crippen LogP contribution is 2.23. The summed E-state index contributed by atoms with van der Waals surface area (Å²) in [5.74, 6) is 1.25. The van der Waals surface area contributed by atoms with Crippen molar-refractivity contribution in [3.8, 4) is 0 Å². The van der Waals surface area contributed by atoms with Crippen LogP contribution in [0.15, 0.2) is 34.7 Å². The van der Waals surface area contributed by atoms with Crippen molar-refractivity contribution < 1.29 is 13.9 Å². The number of benzene rings is 1. The number of aryl methyl sites for hydroxylation is 1. The molecule has 2 aromatic rings. The van der Waals surface area contributed by atoms with E-state index in [0.717, 1.165) is 32.4 Å². The predicted octanol–water partition coefficient (Wildman–Crippen LogP) is 2.76. The van der Waals surface area contributed by atoms with Gasteiger partial charge in [-0.2, -0.15) is 0 Å². The maximum absolute atomic E-state index is 12.2. The molecule has 6 heteroatoms. The first-order valence-electron chi connectivity index (χ1n) is 8.85. The molecule has 134 valence electrons. The van der Waals surface area contributed by atoms with Crippen molar-refractivity contribution in [3.63, 3.8) is 0 Å². The fourth-order valence-corrected chi connectivity index (χ4v) is 3.29. The van der Waals surface area contributed by atoms with Crippen LogP contribution in [0, 0.1) is 12.8 Å². The molecule has 25 heavy (non-hydrogen) atoms. The van der Waals surface area contributed by atoms with Gasteiger partial charge in [0.15, 0.2) is 6.61 Å². The number of esters is 1. The molecule has 2 heterocycles. The molecule has 3 rings (SSSR count). The molecule has 1 saturated heterocycles. The second kappa shape index (κ2) is 8.25. The predicted molar refractivity (Wildman–Crippen MR) is 92.7 cm³/mol. The van der Waals surface area contributed by atoms with Gasteiger partial charge in [-0.3, -0.25) is 9.69 Å². The molecule has 1 atom stereocenters. The Labute approximate surface area is 148 Å². The average molecular weight is 343 g/mol. The van der Waals surface area contributed by atoms with E-state index in [1.165, 1.54) is 5.56 Å². The summed E-state index contributed by atoms with van der Waals surface area (Å²) in [6.07, 6.45) is 3.33. The number of aromatic nitrogens is 2. The van der Waals surface area contributed by atoms with E-state index >= 15 is 0 Å². The highest BCUT2D eigenvalue weighted by molar-refractivity contribution is 5.75. The number of ether oxygens (including phenoxy) is 1.